The number of rotatable bonds is 1. The summed E-state index contributed by atoms with van der Waals surface area (Å²) < 4.78 is 13.7. The molecule has 1 aliphatic rings. The Balaban J connectivity index is 2.59. The van der Waals surface area contributed by atoms with Crippen molar-refractivity contribution in [3.8, 4) is 6.07 Å². The molecule has 0 fully saturated rings. The van der Waals surface area contributed by atoms with Gasteiger partial charge in [0.05, 0.1) is 5.56 Å². The summed E-state index contributed by atoms with van der Waals surface area (Å²) in [5.41, 5.74) is 7.15. The topological polar surface area (TPSA) is 49.8 Å². The predicted molar refractivity (Wildman–Crippen MR) is 59.6 cm³/mol. The molecule has 0 bridgehead atoms. The number of hydrogen-bond acceptors (Lipinski definition) is 3. The number of thiophene rings is 1. The van der Waals surface area contributed by atoms with Gasteiger partial charge in [-0.15, -0.1) is 11.3 Å². The van der Waals surface area contributed by atoms with Crippen molar-refractivity contribution >= 4 is 16.3 Å². The van der Waals surface area contributed by atoms with Gasteiger partial charge in [0.25, 0.3) is 0 Å². The predicted octanol–water partition coefficient (Wildman–Crippen LogP) is 3.50. The van der Waals surface area contributed by atoms with Gasteiger partial charge in [-0.05, 0) is 30.7 Å². The van der Waals surface area contributed by atoms with E-state index >= 15 is 0 Å². The monoisotopic (exact) mass is 224 g/mol. The lowest BCUT2D eigenvalue weighted by Gasteiger charge is -2.23. The molecule has 2 unspecified atom stereocenters. The maximum Gasteiger partial charge on any atom is 0.135 e. The second kappa shape index (κ2) is 3.82. The van der Waals surface area contributed by atoms with Gasteiger partial charge in [-0.1, -0.05) is 6.92 Å². The molecule has 15 heavy (non-hydrogen) atoms. The molecule has 2 N–H and O–H groups in total. The molecule has 2 rings (SSSR count). The van der Waals surface area contributed by atoms with Crippen LogP contribution in [0.15, 0.2) is 0 Å². The molecule has 2 nitrogen and oxygen atoms in total. The first-order valence-electron chi connectivity index (χ1n) is 5.15. The quantitative estimate of drug-likeness (QED) is 0.793. The standard InChI is InChI=1S/C11H13FN2S/c1-2-6-3-4-8(12)10-9(6)7(5-13)11(14)15-10/h6,8H,2-4,14H2,1H3. The van der Waals surface area contributed by atoms with Crippen molar-refractivity contribution < 1.29 is 4.39 Å². The highest BCUT2D eigenvalue weighted by atomic mass is 32.1. The number of alkyl halides is 1. The molecular formula is C11H13FN2S. The minimum atomic E-state index is -0.919. The van der Waals surface area contributed by atoms with Crippen molar-refractivity contribution in [3.05, 3.63) is 16.0 Å². The highest BCUT2D eigenvalue weighted by Crippen LogP contribution is 2.48. The van der Waals surface area contributed by atoms with E-state index in [1.54, 1.807) is 0 Å². The van der Waals surface area contributed by atoms with Gasteiger partial charge in [-0.3, -0.25) is 0 Å². The normalized spacial score (nSPS) is 24.6. The van der Waals surface area contributed by atoms with E-state index in [4.69, 9.17) is 11.0 Å². The summed E-state index contributed by atoms with van der Waals surface area (Å²) in [4.78, 5) is 0.696. The van der Waals surface area contributed by atoms with Gasteiger partial charge in [0, 0.05) is 4.88 Å². The first kappa shape index (κ1) is 10.4. The summed E-state index contributed by atoms with van der Waals surface area (Å²) in [6.45, 7) is 2.07. The molecule has 1 heterocycles. The molecule has 0 spiro atoms. The lowest BCUT2D eigenvalue weighted by Crippen LogP contribution is -2.10. The first-order valence-corrected chi connectivity index (χ1v) is 5.96. The molecule has 4 heteroatoms. The lowest BCUT2D eigenvalue weighted by atomic mass is 9.83. The van der Waals surface area contributed by atoms with Crippen molar-refractivity contribution in [3.63, 3.8) is 0 Å². The van der Waals surface area contributed by atoms with E-state index in [-0.39, 0.29) is 0 Å². The fraction of sp³-hybridized carbons (Fsp3) is 0.545. The molecule has 1 aromatic rings. The summed E-state index contributed by atoms with van der Waals surface area (Å²) >= 11 is 1.25. The molecule has 0 aromatic carbocycles. The molecular weight excluding hydrogens is 211 g/mol. The van der Waals surface area contributed by atoms with Crippen LogP contribution >= 0.6 is 11.3 Å². The largest absolute Gasteiger partial charge is 0.389 e. The SMILES string of the molecule is CCC1CCC(F)c2sc(N)c(C#N)c21. The maximum atomic E-state index is 13.7. The van der Waals surface area contributed by atoms with Crippen molar-refractivity contribution in [2.75, 3.05) is 5.73 Å². The highest BCUT2D eigenvalue weighted by molar-refractivity contribution is 7.16. The van der Waals surface area contributed by atoms with Crippen LogP contribution < -0.4 is 5.73 Å². The van der Waals surface area contributed by atoms with Gasteiger partial charge in [0.2, 0.25) is 0 Å². The average molecular weight is 224 g/mol. The Morgan fingerprint density at radius 3 is 2.93 bits per heavy atom. The average Bonchev–Trinajstić information content (AvgIpc) is 2.56. The first-order chi connectivity index (χ1) is 7.19. The molecule has 0 amide bonds. The van der Waals surface area contributed by atoms with Crippen LogP contribution in [0.2, 0.25) is 0 Å². The third kappa shape index (κ3) is 1.51. The molecule has 2 atom stereocenters. The van der Waals surface area contributed by atoms with Crippen LogP contribution in [0, 0.1) is 11.3 Å². The minimum Gasteiger partial charge on any atom is -0.389 e. The van der Waals surface area contributed by atoms with E-state index in [1.807, 2.05) is 0 Å². The number of nitriles is 1. The van der Waals surface area contributed by atoms with Crippen LogP contribution in [0.3, 0.4) is 0 Å². The molecule has 1 aliphatic carbocycles. The Hall–Kier alpha value is -1.08. The fourth-order valence-electron chi connectivity index (χ4n) is 2.26. The number of halogens is 1. The second-order valence-corrected chi connectivity index (χ2v) is 4.96. The number of fused-ring (bicyclic) bond motifs is 1. The fourth-order valence-corrected chi connectivity index (χ4v) is 3.38. The van der Waals surface area contributed by atoms with Gasteiger partial charge in [0.1, 0.15) is 17.2 Å². The summed E-state index contributed by atoms with van der Waals surface area (Å²) in [6.07, 6.45) is 1.42. The third-order valence-corrected chi connectivity index (χ3v) is 4.19. The zero-order valence-electron chi connectivity index (χ0n) is 8.59. The molecule has 80 valence electrons. The number of nitrogens with two attached hydrogens (primary N) is 1. The number of anilines is 1. The van der Waals surface area contributed by atoms with Crippen molar-refractivity contribution in [2.24, 2.45) is 0 Å². The van der Waals surface area contributed by atoms with Crippen LogP contribution in [-0.4, -0.2) is 0 Å². The van der Waals surface area contributed by atoms with Crippen LogP contribution in [0.4, 0.5) is 9.39 Å². The van der Waals surface area contributed by atoms with E-state index in [9.17, 15) is 4.39 Å². The number of nitrogens with zero attached hydrogens (tertiary/aromatic N) is 1. The van der Waals surface area contributed by atoms with Gasteiger partial charge in [-0.2, -0.15) is 5.26 Å². The summed E-state index contributed by atoms with van der Waals surface area (Å²) in [6, 6.07) is 2.11. The van der Waals surface area contributed by atoms with E-state index in [0.717, 1.165) is 18.4 Å². The zero-order valence-corrected chi connectivity index (χ0v) is 9.40. The molecule has 1 aromatic heterocycles. The van der Waals surface area contributed by atoms with Gasteiger partial charge in [0.15, 0.2) is 0 Å². The third-order valence-electron chi connectivity index (χ3n) is 3.07. The molecule has 0 aliphatic heterocycles. The summed E-state index contributed by atoms with van der Waals surface area (Å²) in [5, 5.41) is 9.49. The minimum absolute atomic E-state index is 0.315. The van der Waals surface area contributed by atoms with E-state index in [0.29, 0.717) is 27.8 Å². The van der Waals surface area contributed by atoms with E-state index < -0.39 is 6.17 Å². The Kier molecular flexibility index (Phi) is 2.66. The molecule has 0 saturated heterocycles. The van der Waals surface area contributed by atoms with E-state index in [2.05, 4.69) is 13.0 Å². The summed E-state index contributed by atoms with van der Waals surface area (Å²) in [7, 11) is 0. The molecule has 0 radical (unpaired) electrons. The Bertz CT molecular complexity index is 419. The molecule has 0 saturated carbocycles. The zero-order chi connectivity index (χ0) is 11.0. The number of hydrogen-bond donors (Lipinski definition) is 1. The Morgan fingerprint density at radius 1 is 1.60 bits per heavy atom. The van der Waals surface area contributed by atoms with Crippen molar-refractivity contribution in [1.29, 1.82) is 5.26 Å². The smallest absolute Gasteiger partial charge is 0.135 e. The maximum absolute atomic E-state index is 13.7. The van der Waals surface area contributed by atoms with Gasteiger partial charge in [-0.25, -0.2) is 4.39 Å². The van der Waals surface area contributed by atoms with Crippen molar-refractivity contribution in [2.45, 2.75) is 38.3 Å². The Labute approximate surface area is 92.5 Å². The van der Waals surface area contributed by atoms with Gasteiger partial charge < -0.3 is 5.73 Å². The van der Waals surface area contributed by atoms with Crippen LogP contribution in [0.5, 0.6) is 0 Å². The van der Waals surface area contributed by atoms with Crippen LogP contribution in [0.1, 0.15) is 54.3 Å². The van der Waals surface area contributed by atoms with Crippen molar-refractivity contribution in [1.82, 2.24) is 0 Å². The summed E-state index contributed by atoms with van der Waals surface area (Å²) in [5.74, 6) is 0.315. The Morgan fingerprint density at radius 2 is 2.33 bits per heavy atom. The van der Waals surface area contributed by atoms with Crippen LogP contribution in [0.25, 0.3) is 0 Å². The highest BCUT2D eigenvalue weighted by Gasteiger charge is 2.32. The lowest BCUT2D eigenvalue weighted by molar-refractivity contribution is 0.291. The van der Waals surface area contributed by atoms with Gasteiger partial charge >= 0.3 is 0 Å². The second-order valence-electron chi connectivity index (χ2n) is 3.88. The number of nitrogen functional groups attached to an aromatic ring is 1. The van der Waals surface area contributed by atoms with Crippen LogP contribution in [-0.2, 0) is 0 Å². The van der Waals surface area contributed by atoms with E-state index in [1.165, 1.54) is 11.3 Å².